The molecular weight excluding hydrogens is 376 g/mol. The van der Waals surface area contributed by atoms with Gasteiger partial charge in [0, 0.05) is 37.5 Å². The molecule has 1 heterocycles. The summed E-state index contributed by atoms with van der Waals surface area (Å²) in [5, 5.41) is 2.92. The first-order valence-electron chi connectivity index (χ1n) is 9.64. The SMILES string of the molecule is CN(C)C(=O)c1ccc(CNC(=O)c2ccc(-n3cnc4ccccc43)cc2)cc1. The van der Waals surface area contributed by atoms with Gasteiger partial charge in [0.1, 0.15) is 6.33 Å². The van der Waals surface area contributed by atoms with Gasteiger partial charge in [-0.25, -0.2) is 4.98 Å². The van der Waals surface area contributed by atoms with Crippen LogP contribution in [-0.4, -0.2) is 40.4 Å². The van der Waals surface area contributed by atoms with Crippen LogP contribution in [0.5, 0.6) is 0 Å². The fraction of sp³-hybridized carbons (Fsp3) is 0.125. The molecule has 2 amide bonds. The third kappa shape index (κ3) is 3.93. The van der Waals surface area contributed by atoms with Crippen LogP contribution in [0.1, 0.15) is 26.3 Å². The van der Waals surface area contributed by atoms with Crippen LogP contribution in [0.15, 0.2) is 79.1 Å². The van der Waals surface area contributed by atoms with E-state index in [0.717, 1.165) is 22.3 Å². The van der Waals surface area contributed by atoms with Gasteiger partial charge in [-0.2, -0.15) is 0 Å². The minimum absolute atomic E-state index is 0.0450. The van der Waals surface area contributed by atoms with E-state index >= 15 is 0 Å². The Bertz CT molecular complexity index is 1190. The number of imidazole rings is 1. The molecule has 0 unspecified atom stereocenters. The molecule has 4 aromatic rings. The van der Waals surface area contributed by atoms with Gasteiger partial charge in [0.2, 0.25) is 0 Å². The van der Waals surface area contributed by atoms with Crippen LogP contribution in [0.4, 0.5) is 0 Å². The predicted octanol–water partition coefficient (Wildman–Crippen LogP) is 3.66. The first kappa shape index (κ1) is 19.4. The van der Waals surface area contributed by atoms with Crippen molar-refractivity contribution in [1.82, 2.24) is 19.8 Å². The summed E-state index contributed by atoms with van der Waals surface area (Å²) in [7, 11) is 3.44. The number of carbonyl (C=O) groups excluding carboxylic acids is 2. The van der Waals surface area contributed by atoms with Gasteiger partial charge in [-0.1, -0.05) is 24.3 Å². The number of hydrogen-bond acceptors (Lipinski definition) is 3. The summed E-state index contributed by atoms with van der Waals surface area (Å²) >= 11 is 0. The lowest BCUT2D eigenvalue weighted by atomic mass is 10.1. The molecule has 1 aromatic heterocycles. The number of amides is 2. The van der Waals surface area contributed by atoms with Gasteiger partial charge in [0.05, 0.1) is 11.0 Å². The minimum atomic E-state index is -0.148. The lowest BCUT2D eigenvalue weighted by molar-refractivity contribution is 0.0827. The number of rotatable bonds is 5. The number of hydrogen-bond donors (Lipinski definition) is 1. The zero-order valence-corrected chi connectivity index (χ0v) is 16.9. The molecule has 0 aliphatic carbocycles. The Morgan fingerprint density at radius 3 is 2.27 bits per heavy atom. The van der Waals surface area contributed by atoms with Crippen molar-refractivity contribution in [3.05, 3.63) is 95.8 Å². The van der Waals surface area contributed by atoms with Gasteiger partial charge in [0.15, 0.2) is 0 Å². The Kier molecular flexibility index (Phi) is 5.30. The molecule has 0 aliphatic heterocycles. The summed E-state index contributed by atoms with van der Waals surface area (Å²) in [6.07, 6.45) is 1.78. The van der Waals surface area contributed by atoms with E-state index in [9.17, 15) is 9.59 Å². The quantitative estimate of drug-likeness (QED) is 0.558. The molecule has 0 saturated heterocycles. The Labute approximate surface area is 174 Å². The largest absolute Gasteiger partial charge is 0.348 e. The second-order valence-electron chi connectivity index (χ2n) is 7.23. The maximum atomic E-state index is 12.5. The van der Waals surface area contributed by atoms with Gasteiger partial charge in [-0.15, -0.1) is 0 Å². The van der Waals surface area contributed by atoms with E-state index in [2.05, 4.69) is 10.3 Å². The van der Waals surface area contributed by atoms with E-state index in [1.54, 1.807) is 44.7 Å². The van der Waals surface area contributed by atoms with E-state index in [1.807, 2.05) is 53.1 Å². The van der Waals surface area contributed by atoms with Crippen LogP contribution in [-0.2, 0) is 6.54 Å². The molecule has 6 heteroatoms. The highest BCUT2D eigenvalue weighted by atomic mass is 16.2. The lowest BCUT2D eigenvalue weighted by Crippen LogP contribution is -2.23. The number of fused-ring (bicyclic) bond motifs is 1. The number of aromatic nitrogens is 2. The number of nitrogens with zero attached hydrogens (tertiary/aromatic N) is 3. The topological polar surface area (TPSA) is 67.2 Å². The van der Waals surface area contributed by atoms with E-state index in [1.165, 1.54) is 4.90 Å². The summed E-state index contributed by atoms with van der Waals surface area (Å²) in [5.41, 5.74) is 5.03. The smallest absolute Gasteiger partial charge is 0.253 e. The average Bonchev–Trinajstić information content (AvgIpc) is 3.21. The Balaban J connectivity index is 1.41. The fourth-order valence-electron chi connectivity index (χ4n) is 3.25. The van der Waals surface area contributed by atoms with Gasteiger partial charge < -0.3 is 10.2 Å². The molecule has 0 bridgehead atoms. The Morgan fingerprint density at radius 1 is 0.900 bits per heavy atom. The molecule has 3 aromatic carbocycles. The molecule has 30 heavy (non-hydrogen) atoms. The predicted molar refractivity (Wildman–Crippen MR) is 117 cm³/mol. The normalized spacial score (nSPS) is 10.7. The van der Waals surface area contributed by atoms with E-state index < -0.39 is 0 Å². The van der Waals surface area contributed by atoms with Crippen LogP contribution in [0, 0.1) is 0 Å². The van der Waals surface area contributed by atoms with E-state index in [4.69, 9.17) is 0 Å². The minimum Gasteiger partial charge on any atom is -0.348 e. The summed E-state index contributed by atoms with van der Waals surface area (Å²) in [6, 6.07) is 22.6. The third-order valence-corrected chi connectivity index (χ3v) is 4.92. The van der Waals surface area contributed by atoms with Gasteiger partial charge in [-0.3, -0.25) is 14.2 Å². The molecule has 6 nitrogen and oxygen atoms in total. The first-order chi connectivity index (χ1) is 14.5. The highest BCUT2D eigenvalue weighted by Gasteiger charge is 2.09. The second-order valence-corrected chi connectivity index (χ2v) is 7.23. The zero-order valence-electron chi connectivity index (χ0n) is 16.9. The Morgan fingerprint density at radius 2 is 1.57 bits per heavy atom. The first-order valence-corrected chi connectivity index (χ1v) is 9.64. The summed E-state index contributed by atoms with van der Waals surface area (Å²) in [4.78, 5) is 30.4. The number of benzene rings is 3. The lowest BCUT2D eigenvalue weighted by Gasteiger charge is -2.11. The van der Waals surface area contributed by atoms with Crippen molar-refractivity contribution < 1.29 is 9.59 Å². The average molecular weight is 398 g/mol. The molecule has 0 radical (unpaired) electrons. The van der Waals surface area contributed by atoms with E-state index in [-0.39, 0.29) is 11.8 Å². The molecule has 0 saturated carbocycles. The molecule has 1 N–H and O–H groups in total. The molecular formula is C24H22N4O2. The van der Waals surface area contributed by atoms with Crippen molar-refractivity contribution in [3.8, 4) is 5.69 Å². The second kappa shape index (κ2) is 8.21. The summed E-state index contributed by atoms with van der Waals surface area (Å²) in [5.74, 6) is -0.193. The van der Waals surface area contributed by atoms with Crippen molar-refractivity contribution >= 4 is 22.8 Å². The van der Waals surface area contributed by atoms with Crippen LogP contribution >= 0.6 is 0 Å². The highest BCUT2D eigenvalue weighted by Crippen LogP contribution is 2.18. The number of nitrogens with one attached hydrogen (secondary N) is 1. The molecule has 0 atom stereocenters. The molecule has 150 valence electrons. The zero-order chi connectivity index (χ0) is 21.1. The van der Waals surface area contributed by atoms with Crippen LogP contribution in [0.3, 0.4) is 0 Å². The summed E-state index contributed by atoms with van der Waals surface area (Å²) in [6.45, 7) is 0.392. The molecule has 0 spiro atoms. The van der Waals surface area contributed by atoms with E-state index in [0.29, 0.717) is 17.7 Å². The Hall–Kier alpha value is -3.93. The van der Waals surface area contributed by atoms with Crippen molar-refractivity contribution in [2.45, 2.75) is 6.54 Å². The monoisotopic (exact) mass is 398 g/mol. The summed E-state index contributed by atoms with van der Waals surface area (Å²) < 4.78 is 1.99. The van der Waals surface area contributed by atoms with Crippen molar-refractivity contribution in [2.24, 2.45) is 0 Å². The van der Waals surface area contributed by atoms with Crippen molar-refractivity contribution in [2.75, 3.05) is 14.1 Å². The van der Waals surface area contributed by atoms with Gasteiger partial charge in [0.25, 0.3) is 11.8 Å². The number of carbonyl (C=O) groups is 2. The third-order valence-electron chi connectivity index (χ3n) is 4.92. The highest BCUT2D eigenvalue weighted by molar-refractivity contribution is 5.95. The standard InChI is InChI=1S/C24H22N4O2/c1-27(2)24(30)19-9-7-17(8-10-19)15-25-23(29)18-11-13-20(14-12-18)28-16-26-21-5-3-4-6-22(21)28/h3-14,16H,15H2,1-2H3,(H,25,29). The van der Waals surface area contributed by atoms with Crippen LogP contribution in [0.2, 0.25) is 0 Å². The molecule has 0 aliphatic rings. The van der Waals surface area contributed by atoms with Gasteiger partial charge in [-0.05, 0) is 54.1 Å². The fourth-order valence-corrected chi connectivity index (χ4v) is 3.25. The van der Waals surface area contributed by atoms with Crippen molar-refractivity contribution in [3.63, 3.8) is 0 Å². The van der Waals surface area contributed by atoms with Crippen LogP contribution in [0.25, 0.3) is 16.7 Å². The maximum Gasteiger partial charge on any atom is 0.253 e. The maximum absolute atomic E-state index is 12.5. The van der Waals surface area contributed by atoms with Crippen molar-refractivity contribution in [1.29, 1.82) is 0 Å². The van der Waals surface area contributed by atoms with Crippen LogP contribution < -0.4 is 5.32 Å². The molecule has 4 rings (SSSR count). The molecule has 0 fully saturated rings. The van der Waals surface area contributed by atoms with Gasteiger partial charge >= 0.3 is 0 Å². The number of para-hydroxylation sites is 2.